The number of hydrogen-bond donors (Lipinski definition) is 3. The molecule has 0 radical (unpaired) electrons. The lowest BCUT2D eigenvalue weighted by molar-refractivity contribution is 0.0170. The molecule has 2 aromatic carbocycles. The van der Waals surface area contributed by atoms with Gasteiger partial charge in [0.2, 0.25) is 0 Å². The number of aromatic nitrogens is 1. The van der Waals surface area contributed by atoms with Gasteiger partial charge in [0.15, 0.2) is 5.96 Å². The number of morpholine rings is 1. The Hall–Kier alpha value is -3.03. The van der Waals surface area contributed by atoms with Crippen molar-refractivity contribution in [2.45, 2.75) is 19.4 Å². The smallest absolute Gasteiger partial charge is 0.191 e. The van der Waals surface area contributed by atoms with Crippen LogP contribution in [0.3, 0.4) is 0 Å². The van der Waals surface area contributed by atoms with Gasteiger partial charge in [0.25, 0.3) is 0 Å². The summed E-state index contributed by atoms with van der Waals surface area (Å²) < 4.78 is 10.9. The minimum Gasteiger partial charge on any atom is -0.497 e. The number of guanidine groups is 1. The number of ether oxygens (including phenoxy) is 2. The summed E-state index contributed by atoms with van der Waals surface area (Å²) in [5.41, 5.74) is 5.04. The quantitative estimate of drug-likeness (QED) is 0.364. The zero-order chi connectivity index (χ0) is 23.0. The molecule has 176 valence electrons. The molecule has 1 atom stereocenters. The molecule has 4 rings (SSSR count). The second-order valence-electron chi connectivity index (χ2n) is 8.34. The summed E-state index contributed by atoms with van der Waals surface area (Å²) in [5, 5.41) is 8.33. The van der Waals surface area contributed by atoms with Crippen molar-refractivity contribution in [1.82, 2.24) is 20.5 Å². The summed E-state index contributed by atoms with van der Waals surface area (Å²) >= 11 is 0. The van der Waals surface area contributed by atoms with Crippen LogP contribution in [0.15, 0.2) is 53.5 Å². The van der Waals surface area contributed by atoms with Gasteiger partial charge in [0.05, 0.1) is 26.4 Å². The number of aryl methyl sites for hydroxylation is 1. The Balaban J connectivity index is 1.37. The van der Waals surface area contributed by atoms with Gasteiger partial charge < -0.3 is 25.1 Å². The molecule has 0 amide bonds. The number of methoxy groups -OCH3 is 1. The van der Waals surface area contributed by atoms with Crippen molar-refractivity contribution < 1.29 is 9.47 Å². The SMILES string of the molecule is CN=C(NCCc1c(C)[nH]c2ccccc12)NCC(c1ccc(OC)cc1)N1CCOCC1. The third-order valence-electron chi connectivity index (χ3n) is 6.37. The van der Waals surface area contributed by atoms with Crippen molar-refractivity contribution in [3.05, 3.63) is 65.4 Å². The van der Waals surface area contributed by atoms with Gasteiger partial charge in [-0.05, 0) is 42.7 Å². The molecule has 0 saturated carbocycles. The Morgan fingerprint density at radius 2 is 1.88 bits per heavy atom. The Morgan fingerprint density at radius 1 is 1.12 bits per heavy atom. The van der Waals surface area contributed by atoms with E-state index in [4.69, 9.17) is 9.47 Å². The molecule has 1 aromatic heterocycles. The summed E-state index contributed by atoms with van der Waals surface area (Å²) in [6.45, 7) is 7.09. The van der Waals surface area contributed by atoms with E-state index in [1.807, 2.05) is 19.2 Å². The summed E-state index contributed by atoms with van der Waals surface area (Å²) in [5.74, 6) is 1.69. The van der Waals surface area contributed by atoms with Crippen molar-refractivity contribution in [3.63, 3.8) is 0 Å². The molecule has 0 aliphatic carbocycles. The van der Waals surface area contributed by atoms with Gasteiger partial charge >= 0.3 is 0 Å². The van der Waals surface area contributed by atoms with Crippen LogP contribution in [0.1, 0.15) is 22.9 Å². The number of aromatic amines is 1. The lowest BCUT2D eigenvalue weighted by Gasteiger charge is -2.35. The highest BCUT2D eigenvalue weighted by atomic mass is 16.5. The third-order valence-corrected chi connectivity index (χ3v) is 6.37. The first-order valence-corrected chi connectivity index (χ1v) is 11.7. The average Bonchev–Trinajstić information content (AvgIpc) is 3.19. The number of benzene rings is 2. The van der Waals surface area contributed by atoms with Crippen molar-refractivity contribution in [2.24, 2.45) is 4.99 Å². The van der Waals surface area contributed by atoms with E-state index in [0.717, 1.165) is 57.5 Å². The molecule has 3 aromatic rings. The summed E-state index contributed by atoms with van der Waals surface area (Å²) in [6.07, 6.45) is 0.932. The van der Waals surface area contributed by atoms with Gasteiger partial charge in [-0.3, -0.25) is 9.89 Å². The lowest BCUT2D eigenvalue weighted by Crippen LogP contribution is -2.46. The Morgan fingerprint density at radius 3 is 2.61 bits per heavy atom. The molecule has 7 nitrogen and oxygen atoms in total. The van der Waals surface area contributed by atoms with Crippen LogP contribution in [-0.2, 0) is 11.2 Å². The summed E-state index contributed by atoms with van der Waals surface area (Å²) in [6, 6.07) is 17.1. The van der Waals surface area contributed by atoms with E-state index >= 15 is 0 Å². The van der Waals surface area contributed by atoms with Crippen LogP contribution in [0.4, 0.5) is 0 Å². The van der Waals surface area contributed by atoms with E-state index in [-0.39, 0.29) is 6.04 Å². The average molecular weight is 450 g/mol. The lowest BCUT2D eigenvalue weighted by atomic mass is 10.0. The minimum absolute atomic E-state index is 0.231. The van der Waals surface area contributed by atoms with Crippen LogP contribution >= 0.6 is 0 Å². The maximum absolute atomic E-state index is 5.58. The van der Waals surface area contributed by atoms with Crippen LogP contribution in [-0.4, -0.2) is 69.4 Å². The van der Waals surface area contributed by atoms with Crippen LogP contribution in [0.2, 0.25) is 0 Å². The normalized spacial score (nSPS) is 16.0. The first-order valence-electron chi connectivity index (χ1n) is 11.7. The van der Waals surface area contributed by atoms with Gasteiger partial charge in [-0.15, -0.1) is 0 Å². The molecule has 33 heavy (non-hydrogen) atoms. The number of H-pyrrole nitrogens is 1. The predicted molar refractivity (Wildman–Crippen MR) is 134 cm³/mol. The second-order valence-corrected chi connectivity index (χ2v) is 8.34. The fourth-order valence-corrected chi connectivity index (χ4v) is 4.55. The van der Waals surface area contributed by atoms with Gasteiger partial charge in [0.1, 0.15) is 5.75 Å². The van der Waals surface area contributed by atoms with Crippen LogP contribution in [0.25, 0.3) is 10.9 Å². The molecular formula is C26H35N5O2. The number of rotatable bonds is 8. The van der Waals surface area contributed by atoms with Crippen LogP contribution < -0.4 is 15.4 Å². The summed E-state index contributed by atoms with van der Waals surface area (Å²) in [4.78, 5) is 10.4. The first kappa shape index (κ1) is 23.1. The second kappa shape index (κ2) is 11.2. The van der Waals surface area contributed by atoms with Crippen molar-refractivity contribution in [1.29, 1.82) is 0 Å². The van der Waals surface area contributed by atoms with Crippen molar-refractivity contribution in [3.8, 4) is 5.75 Å². The molecule has 0 bridgehead atoms. The van der Waals surface area contributed by atoms with Crippen molar-refractivity contribution >= 4 is 16.9 Å². The zero-order valence-corrected chi connectivity index (χ0v) is 19.9. The minimum atomic E-state index is 0.231. The highest BCUT2D eigenvalue weighted by molar-refractivity contribution is 5.84. The predicted octanol–water partition coefficient (Wildman–Crippen LogP) is 3.27. The highest BCUT2D eigenvalue weighted by Crippen LogP contribution is 2.24. The largest absolute Gasteiger partial charge is 0.497 e. The molecular weight excluding hydrogens is 414 g/mol. The van der Waals surface area contributed by atoms with Gasteiger partial charge in [-0.25, -0.2) is 0 Å². The number of nitrogens with zero attached hydrogens (tertiary/aromatic N) is 2. The first-order chi connectivity index (χ1) is 16.2. The fraction of sp³-hybridized carbons (Fsp3) is 0.423. The third kappa shape index (κ3) is 5.67. The van der Waals surface area contributed by atoms with Crippen LogP contribution in [0.5, 0.6) is 5.75 Å². The Bertz CT molecular complexity index is 1050. The number of fused-ring (bicyclic) bond motifs is 1. The van der Waals surface area contributed by atoms with Crippen LogP contribution in [0, 0.1) is 6.92 Å². The van der Waals surface area contributed by atoms with E-state index in [1.165, 1.54) is 27.7 Å². The van der Waals surface area contributed by atoms with E-state index in [1.54, 1.807) is 7.11 Å². The molecule has 0 spiro atoms. The maximum Gasteiger partial charge on any atom is 0.191 e. The number of hydrogen-bond acceptors (Lipinski definition) is 4. The molecule has 1 aliphatic rings. The topological polar surface area (TPSA) is 73.9 Å². The molecule has 1 saturated heterocycles. The maximum atomic E-state index is 5.58. The van der Waals surface area contributed by atoms with Crippen molar-refractivity contribution in [2.75, 3.05) is 53.6 Å². The number of para-hydroxylation sites is 1. The fourth-order valence-electron chi connectivity index (χ4n) is 4.55. The van der Waals surface area contributed by atoms with E-state index in [9.17, 15) is 0 Å². The van der Waals surface area contributed by atoms with Gasteiger partial charge in [-0.2, -0.15) is 0 Å². The molecule has 1 unspecified atom stereocenters. The highest BCUT2D eigenvalue weighted by Gasteiger charge is 2.23. The Kier molecular flexibility index (Phi) is 7.86. The van der Waals surface area contributed by atoms with E-state index in [0.29, 0.717) is 0 Å². The van der Waals surface area contributed by atoms with Gasteiger partial charge in [0, 0.05) is 49.8 Å². The zero-order valence-electron chi connectivity index (χ0n) is 19.9. The van der Waals surface area contributed by atoms with Gasteiger partial charge in [-0.1, -0.05) is 30.3 Å². The monoisotopic (exact) mass is 449 g/mol. The number of aliphatic imine (C=N–C) groups is 1. The summed E-state index contributed by atoms with van der Waals surface area (Å²) in [7, 11) is 3.52. The molecule has 1 fully saturated rings. The standard InChI is InChI=1S/C26H35N5O2/c1-19-22(23-6-4-5-7-24(23)30-19)12-13-28-26(27-2)29-18-25(31-14-16-33-17-15-31)20-8-10-21(32-3)11-9-20/h4-11,25,30H,12-18H2,1-3H3,(H2,27,28,29). The Labute approximate surface area is 196 Å². The van der Waals surface area contributed by atoms with E-state index in [2.05, 4.69) is 68.8 Å². The molecule has 1 aliphatic heterocycles. The molecule has 7 heteroatoms. The molecule has 2 heterocycles. The molecule has 3 N–H and O–H groups in total. The van der Waals surface area contributed by atoms with E-state index < -0.39 is 0 Å². The number of nitrogens with one attached hydrogen (secondary N) is 3.